The third kappa shape index (κ3) is 4.55. The van der Waals surface area contributed by atoms with Crippen molar-refractivity contribution in [1.29, 1.82) is 0 Å². The number of methoxy groups -OCH3 is 1. The highest BCUT2D eigenvalue weighted by Gasteiger charge is 2.37. The minimum atomic E-state index is -0.792. The molecule has 0 bridgehead atoms. The molecule has 5 rings (SSSR count). The van der Waals surface area contributed by atoms with Gasteiger partial charge in [-0.2, -0.15) is 0 Å². The lowest BCUT2D eigenvalue weighted by Gasteiger charge is -2.25. The monoisotopic (exact) mass is 609 g/mol. The minimum absolute atomic E-state index is 0.183. The van der Waals surface area contributed by atoms with Crippen LogP contribution in [0.5, 0.6) is 5.75 Å². The first-order valence-electron chi connectivity index (χ1n) is 12.8. The van der Waals surface area contributed by atoms with Crippen molar-refractivity contribution >= 4 is 50.4 Å². The molecular formula is C29H28BrN3O5S. The molecule has 3 aromatic rings. The third-order valence-electron chi connectivity index (χ3n) is 6.87. The maximum Gasteiger partial charge on any atom is 0.338 e. The SMILES string of the molecule is CCCCN1C(=O)/C(=c2/sc3n(c2=O)[C@H](c2ccc(OC)c(Br)c2)C(C(=O)OCC)=C(C)N=3)c2ccccc21. The molecule has 0 N–H and O–H groups in total. The zero-order valence-electron chi connectivity index (χ0n) is 22.1. The Morgan fingerprint density at radius 1 is 1.15 bits per heavy atom. The van der Waals surface area contributed by atoms with Crippen LogP contribution in [0.2, 0.25) is 0 Å². The van der Waals surface area contributed by atoms with E-state index < -0.39 is 12.0 Å². The number of para-hydroxylation sites is 1. The van der Waals surface area contributed by atoms with Crippen molar-refractivity contribution in [3.05, 3.63) is 89.0 Å². The zero-order chi connectivity index (χ0) is 27.8. The molecule has 2 aliphatic heterocycles. The van der Waals surface area contributed by atoms with E-state index in [0.29, 0.717) is 42.9 Å². The second-order valence-electron chi connectivity index (χ2n) is 9.22. The number of carbonyl (C=O) groups excluding carboxylic acids is 2. The first-order chi connectivity index (χ1) is 18.8. The van der Waals surface area contributed by atoms with Gasteiger partial charge in [0.25, 0.3) is 11.5 Å². The summed E-state index contributed by atoms with van der Waals surface area (Å²) >= 11 is 4.70. The molecule has 2 aliphatic rings. The second kappa shape index (κ2) is 10.9. The van der Waals surface area contributed by atoms with Crippen molar-refractivity contribution in [1.82, 2.24) is 4.57 Å². The lowest BCUT2D eigenvalue weighted by molar-refractivity contribution is -0.139. The fourth-order valence-electron chi connectivity index (χ4n) is 5.05. The molecule has 0 spiro atoms. The number of carbonyl (C=O) groups is 2. The van der Waals surface area contributed by atoms with Gasteiger partial charge >= 0.3 is 5.97 Å². The number of nitrogens with zero attached hydrogens (tertiary/aromatic N) is 3. The lowest BCUT2D eigenvalue weighted by Crippen LogP contribution is -2.41. The van der Waals surface area contributed by atoms with E-state index in [9.17, 15) is 14.4 Å². The van der Waals surface area contributed by atoms with E-state index in [1.165, 1.54) is 15.9 Å². The second-order valence-corrected chi connectivity index (χ2v) is 11.1. The predicted molar refractivity (Wildman–Crippen MR) is 154 cm³/mol. The molecule has 1 atom stereocenters. The van der Waals surface area contributed by atoms with Crippen molar-refractivity contribution in [2.75, 3.05) is 25.2 Å². The van der Waals surface area contributed by atoms with Crippen molar-refractivity contribution < 1.29 is 19.1 Å². The summed E-state index contributed by atoms with van der Waals surface area (Å²) in [4.78, 5) is 48.0. The maximum atomic E-state index is 14.2. The van der Waals surface area contributed by atoms with Crippen LogP contribution < -0.4 is 24.5 Å². The number of esters is 1. The Kier molecular flexibility index (Phi) is 7.59. The first kappa shape index (κ1) is 27.1. The third-order valence-corrected chi connectivity index (χ3v) is 8.54. The van der Waals surface area contributed by atoms with Crippen LogP contribution in [-0.4, -0.2) is 36.7 Å². The molecule has 2 aromatic carbocycles. The number of amides is 1. The van der Waals surface area contributed by atoms with Crippen LogP contribution >= 0.6 is 27.3 Å². The maximum absolute atomic E-state index is 14.2. The fourth-order valence-corrected chi connectivity index (χ4v) is 6.74. The summed E-state index contributed by atoms with van der Waals surface area (Å²) in [5.74, 6) is -0.117. The Morgan fingerprint density at radius 3 is 2.62 bits per heavy atom. The number of halogens is 1. The van der Waals surface area contributed by atoms with E-state index in [1.807, 2.05) is 36.4 Å². The standard InChI is InChI=1S/C29H28BrN3O5S/c1-5-7-14-32-20-11-9-8-10-18(20)23(26(32)34)25-27(35)33-24(17-12-13-21(37-4)19(30)15-17)22(28(36)38-6-2)16(3)31-29(33)39-25/h8-13,15,24H,5-7,14H2,1-4H3/b25-23+/t24-/m1/s1. The summed E-state index contributed by atoms with van der Waals surface area (Å²) in [6.45, 7) is 6.30. The van der Waals surface area contributed by atoms with E-state index in [4.69, 9.17) is 9.47 Å². The van der Waals surface area contributed by atoms with Crippen molar-refractivity contribution in [2.24, 2.45) is 4.99 Å². The van der Waals surface area contributed by atoms with Gasteiger partial charge in [0.1, 0.15) is 10.3 Å². The molecule has 0 fully saturated rings. The quantitative estimate of drug-likeness (QED) is 0.376. The molecule has 8 nitrogen and oxygen atoms in total. The van der Waals surface area contributed by atoms with Crippen molar-refractivity contribution in [3.8, 4) is 5.75 Å². The van der Waals surface area contributed by atoms with E-state index >= 15 is 0 Å². The molecule has 1 amide bonds. The van der Waals surface area contributed by atoms with Gasteiger partial charge in [-0.25, -0.2) is 9.79 Å². The molecule has 39 heavy (non-hydrogen) atoms. The number of rotatable bonds is 7. The van der Waals surface area contributed by atoms with Gasteiger partial charge in [-0.3, -0.25) is 14.2 Å². The molecule has 3 heterocycles. The summed E-state index contributed by atoms with van der Waals surface area (Å²) < 4.78 is 13.3. The highest BCUT2D eigenvalue weighted by molar-refractivity contribution is 9.10. The molecule has 0 radical (unpaired) electrons. The highest BCUT2D eigenvalue weighted by atomic mass is 79.9. The smallest absolute Gasteiger partial charge is 0.338 e. The molecule has 0 saturated heterocycles. The van der Waals surface area contributed by atoms with Gasteiger partial charge in [0.2, 0.25) is 0 Å². The number of aromatic nitrogens is 1. The van der Waals surface area contributed by atoms with Crippen LogP contribution in [0.3, 0.4) is 0 Å². The number of thiazole rings is 1. The molecule has 0 saturated carbocycles. The molecular weight excluding hydrogens is 582 g/mol. The zero-order valence-corrected chi connectivity index (χ0v) is 24.5. The number of hydrogen-bond acceptors (Lipinski definition) is 7. The van der Waals surface area contributed by atoms with E-state index in [1.54, 1.807) is 31.9 Å². The molecule has 202 valence electrons. The minimum Gasteiger partial charge on any atom is -0.496 e. The van der Waals surface area contributed by atoms with Crippen LogP contribution in [-0.2, 0) is 14.3 Å². The molecule has 1 aromatic heterocycles. The number of hydrogen-bond donors (Lipinski definition) is 0. The highest BCUT2D eigenvalue weighted by Crippen LogP contribution is 2.37. The Balaban J connectivity index is 1.79. The van der Waals surface area contributed by atoms with E-state index in [2.05, 4.69) is 27.8 Å². The summed E-state index contributed by atoms with van der Waals surface area (Å²) in [5, 5.41) is 0. The summed E-state index contributed by atoms with van der Waals surface area (Å²) in [7, 11) is 1.57. The molecule has 10 heteroatoms. The normalized spacial score (nSPS) is 17.6. The van der Waals surface area contributed by atoms with Gasteiger partial charge in [-0.15, -0.1) is 0 Å². The Hall–Kier alpha value is -3.50. The number of allylic oxidation sites excluding steroid dienone is 1. The van der Waals surface area contributed by atoms with E-state index in [-0.39, 0.29) is 23.6 Å². The number of ether oxygens (including phenoxy) is 2. The van der Waals surface area contributed by atoms with Gasteiger partial charge in [-0.05, 0) is 60.0 Å². The van der Waals surface area contributed by atoms with Crippen molar-refractivity contribution in [2.45, 2.75) is 39.7 Å². The van der Waals surface area contributed by atoms with Gasteiger partial charge in [0, 0.05) is 12.1 Å². The summed E-state index contributed by atoms with van der Waals surface area (Å²) in [6.07, 6.45) is 1.79. The first-order valence-corrected chi connectivity index (χ1v) is 14.4. The summed E-state index contributed by atoms with van der Waals surface area (Å²) in [5.41, 5.74) is 2.95. The van der Waals surface area contributed by atoms with E-state index in [0.717, 1.165) is 24.1 Å². The average molecular weight is 611 g/mol. The van der Waals surface area contributed by atoms with Gasteiger partial charge in [0.05, 0.1) is 46.8 Å². The van der Waals surface area contributed by atoms with Gasteiger partial charge < -0.3 is 14.4 Å². The van der Waals surface area contributed by atoms with Crippen LogP contribution in [0.4, 0.5) is 5.69 Å². The average Bonchev–Trinajstić information content (AvgIpc) is 3.38. The fraction of sp³-hybridized carbons (Fsp3) is 0.310. The summed E-state index contributed by atoms with van der Waals surface area (Å²) in [6, 6.07) is 12.2. The van der Waals surface area contributed by atoms with Gasteiger partial charge in [0.15, 0.2) is 4.80 Å². The van der Waals surface area contributed by atoms with Crippen molar-refractivity contribution in [3.63, 3.8) is 0 Å². The number of benzene rings is 2. The van der Waals surface area contributed by atoms with Crippen LogP contribution in [0.25, 0.3) is 5.57 Å². The molecule has 0 aliphatic carbocycles. The van der Waals surface area contributed by atoms with Crippen LogP contribution in [0, 0.1) is 0 Å². The lowest BCUT2D eigenvalue weighted by atomic mass is 9.96. The Morgan fingerprint density at radius 2 is 1.92 bits per heavy atom. The number of anilines is 1. The van der Waals surface area contributed by atoms with Crippen LogP contribution in [0.15, 0.2) is 68.0 Å². The number of fused-ring (bicyclic) bond motifs is 2. The van der Waals surface area contributed by atoms with Gasteiger partial charge in [-0.1, -0.05) is 48.9 Å². The number of unbranched alkanes of at least 4 members (excludes halogenated alkanes) is 1. The topological polar surface area (TPSA) is 90.2 Å². The van der Waals surface area contributed by atoms with Crippen LogP contribution in [0.1, 0.15) is 50.8 Å². The molecule has 0 unspecified atom stereocenters. The predicted octanol–water partition coefficient (Wildman–Crippen LogP) is 4.09. The Labute approximate surface area is 238 Å². The largest absolute Gasteiger partial charge is 0.496 e. The Bertz CT molecular complexity index is 1700.